The molecular weight excluding hydrogens is 279 g/mol. The van der Waals surface area contributed by atoms with Crippen molar-refractivity contribution in [1.82, 2.24) is 0 Å². The first-order valence-electron chi connectivity index (χ1n) is 5.80. The van der Waals surface area contributed by atoms with Gasteiger partial charge in [-0.1, -0.05) is 35.9 Å². The van der Waals surface area contributed by atoms with E-state index in [9.17, 15) is 12.8 Å². The van der Waals surface area contributed by atoms with Crippen LogP contribution in [-0.4, -0.2) is 14.6 Å². The summed E-state index contributed by atoms with van der Waals surface area (Å²) in [7, 11) is -3.86. The molecular formula is C14H12FN2O2S-. The highest BCUT2D eigenvalue weighted by atomic mass is 32.2. The summed E-state index contributed by atoms with van der Waals surface area (Å²) in [5, 5.41) is 3.44. The Morgan fingerprint density at radius 2 is 1.75 bits per heavy atom. The van der Waals surface area contributed by atoms with E-state index in [-0.39, 0.29) is 10.5 Å². The Labute approximate surface area is 117 Å². The second-order valence-corrected chi connectivity index (χ2v) is 5.72. The summed E-state index contributed by atoms with van der Waals surface area (Å²) in [6, 6.07) is 12.1. The van der Waals surface area contributed by atoms with Gasteiger partial charge in [-0.2, -0.15) is 0 Å². The van der Waals surface area contributed by atoms with Gasteiger partial charge in [0, 0.05) is 11.8 Å². The highest BCUT2D eigenvalue weighted by Gasteiger charge is 2.03. The van der Waals surface area contributed by atoms with Crippen LogP contribution in [0.4, 0.5) is 4.39 Å². The Morgan fingerprint density at radius 3 is 2.40 bits per heavy atom. The number of halogens is 1. The average molecular weight is 291 g/mol. The van der Waals surface area contributed by atoms with Crippen LogP contribution in [0, 0.1) is 12.7 Å². The molecule has 20 heavy (non-hydrogen) atoms. The molecule has 0 radical (unpaired) electrons. The molecule has 0 atom stereocenters. The number of hydrogen-bond acceptors (Lipinski definition) is 3. The fraction of sp³-hybridized carbons (Fsp3) is 0.0714. The van der Waals surface area contributed by atoms with Gasteiger partial charge in [-0.3, -0.25) is 0 Å². The third-order valence-electron chi connectivity index (χ3n) is 2.58. The minimum atomic E-state index is -3.86. The standard InChI is InChI=1S/C14H12FN2O2S/c1-11-6-8-13(9-7-11)20(18,19)17-16-10-12-4-2-3-5-14(12)15/h2-10H,1H3/q-1/b16-10+. The van der Waals surface area contributed by atoms with Crippen LogP contribution in [0.3, 0.4) is 0 Å². The molecule has 0 saturated heterocycles. The smallest absolute Gasteiger partial charge is 0.135 e. The van der Waals surface area contributed by atoms with Gasteiger partial charge in [-0.15, -0.1) is 0 Å². The number of sulfonamides is 1. The van der Waals surface area contributed by atoms with Gasteiger partial charge in [0.1, 0.15) is 15.8 Å². The quantitative estimate of drug-likeness (QED) is 0.641. The van der Waals surface area contributed by atoms with Crippen molar-refractivity contribution in [1.29, 1.82) is 0 Å². The molecule has 4 nitrogen and oxygen atoms in total. The molecule has 0 bridgehead atoms. The predicted molar refractivity (Wildman–Crippen MR) is 75.7 cm³/mol. The Morgan fingerprint density at radius 1 is 1.10 bits per heavy atom. The van der Waals surface area contributed by atoms with Crippen molar-refractivity contribution in [3.8, 4) is 0 Å². The molecule has 0 N–H and O–H groups in total. The Bertz CT molecular complexity index is 725. The van der Waals surface area contributed by atoms with E-state index in [4.69, 9.17) is 0 Å². The number of nitrogens with zero attached hydrogens (tertiary/aromatic N) is 2. The molecule has 0 aliphatic rings. The average Bonchev–Trinajstić information content (AvgIpc) is 2.41. The molecule has 0 aliphatic heterocycles. The minimum Gasteiger partial charge on any atom is -0.491 e. The zero-order valence-electron chi connectivity index (χ0n) is 10.7. The van der Waals surface area contributed by atoms with E-state index in [0.717, 1.165) is 11.8 Å². The van der Waals surface area contributed by atoms with Crippen LogP contribution in [0.1, 0.15) is 11.1 Å². The summed E-state index contributed by atoms with van der Waals surface area (Å²) in [4.78, 5) is 3.32. The molecule has 2 rings (SSSR count). The number of hydrogen-bond donors (Lipinski definition) is 0. The van der Waals surface area contributed by atoms with Crippen molar-refractivity contribution in [3.63, 3.8) is 0 Å². The second kappa shape index (κ2) is 5.83. The fourth-order valence-electron chi connectivity index (χ4n) is 1.49. The van der Waals surface area contributed by atoms with Gasteiger partial charge < -0.3 is 9.93 Å². The number of aryl methyl sites for hydroxylation is 1. The van der Waals surface area contributed by atoms with Crippen LogP contribution in [0.25, 0.3) is 4.83 Å². The summed E-state index contributed by atoms with van der Waals surface area (Å²) in [6.45, 7) is 1.85. The third kappa shape index (κ3) is 3.42. The van der Waals surface area contributed by atoms with Crippen molar-refractivity contribution >= 4 is 16.2 Å². The lowest BCUT2D eigenvalue weighted by Crippen LogP contribution is -1.97. The van der Waals surface area contributed by atoms with Gasteiger partial charge >= 0.3 is 0 Å². The third-order valence-corrected chi connectivity index (χ3v) is 3.75. The topological polar surface area (TPSA) is 60.6 Å². The lowest BCUT2D eigenvalue weighted by Gasteiger charge is -2.15. The predicted octanol–water partition coefficient (Wildman–Crippen LogP) is 3.23. The Hall–Kier alpha value is -2.21. The molecule has 0 saturated carbocycles. The zero-order chi connectivity index (χ0) is 14.6. The van der Waals surface area contributed by atoms with Crippen molar-refractivity contribution in [2.24, 2.45) is 5.10 Å². The van der Waals surface area contributed by atoms with Gasteiger partial charge in [0.15, 0.2) is 0 Å². The molecule has 0 heterocycles. The van der Waals surface area contributed by atoms with Gasteiger partial charge in [-0.05, 0) is 25.1 Å². The van der Waals surface area contributed by atoms with Gasteiger partial charge in [0.05, 0.1) is 4.90 Å². The van der Waals surface area contributed by atoms with Crippen molar-refractivity contribution in [3.05, 3.63) is 70.3 Å². The first kappa shape index (κ1) is 14.2. The second-order valence-electron chi connectivity index (χ2n) is 4.14. The molecule has 0 unspecified atom stereocenters. The normalized spacial score (nSPS) is 11.7. The lowest BCUT2D eigenvalue weighted by atomic mass is 10.2. The molecule has 0 amide bonds. The minimum absolute atomic E-state index is 0.0498. The maximum absolute atomic E-state index is 13.3. The zero-order valence-corrected chi connectivity index (χ0v) is 11.5. The van der Waals surface area contributed by atoms with Gasteiger partial charge in [-0.25, -0.2) is 12.8 Å². The lowest BCUT2D eigenvalue weighted by molar-refractivity contribution is 0.601. The van der Waals surface area contributed by atoms with Crippen LogP contribution in [0.15, 0.2) is 58.5 Å². The summed E-state index contributed by atoms with van der Waals surface area (Å²) >= 11 is 0. The van der Waals surface area contributed by atoms with Crippen LogP contribution < -0.4 is 0 Å². The largest absolute Gasteiger partial charge is 0.491 e. The number of rotatable bonds is 4. The maximum Gasteiger partial charge on any atom is 0.135 e. The summed E-state index contributed by atoms with van der Waals surface area (Å²) in [6.07, 6.45) is 1.07. The Balaban J connectivity index is 2.14. The van der Waals surface area contributed by atoms with E-state index >= 15 is 0 Å². The van der Waals surface area contributed by atoms with Crippen molar-refractivity contribution < 1.29 is 12.8 Å². The van der Waals surface area contributed by atoms with Gasteiger partial charge in [0.25, 0.3) is 0 Å². The monoisotopic (exact) mass is 291 g/mol. The first-order chi connectivity index (χ1) is 9.49. The molecule has 0 fully saturated rings. The van der Waals surface area contributed by atoms with E-state index in [2.05, 4.69) is 9.93 Å². The molecule has 6 heteroatoms. The SMILES string of the molecule is Cc1ccc(S(=O)(=O)[N-]/N=C/c2ccccc2F)cc1. The highest BCUT2D eigenvalue weighted by Crippen LogP contribution is 2.17. The fourth-order valence-corrected chi connectivity index (χ4v) is 2.23. The Kier molecular flexibility index (Phi) is 4.14. The highest BCUT2D eigenvalue weighted by molar-refractivity contribution is 7.93. The molecule has 0 spiro atoms. The van der Waals surface area contributed by atoms with Crippen LogP contribution in [0.2, 0.25) is 0 Å². The molecule has 2 aromatic carbocycles. The van der Waals surface area contributed by atoms with E-state index < -0.39 is 15.8 Å². The van der Waals surface area contributed by atoms with E-state index in [1.807, 2.05) is 6.92 Å². The summed E-state index contributed by atoms with van der Waals surface area (Å²) in [5.74, 6) is -0.487. The van der Waals surface area contributed by atoms with Crippen LogP contribution in [0.5, 0.6) is 0 Å². The van der Waals surface area contributed by atoms with E-state index in [1.54, 1.807) is 18.2 Å². The molecule has 0 aromatic heterocycles. The molecule has 2 aromatic rings. The van der Waals surface area contributed by atoms with Gasteiger partial charge in [0.2, 0.25) is 0 Å². The first-order valence-corrected chi connectivity index (χ1v) is 7.24. The van der Waals surface area contributed by atoms with Crippen molar-refractivity contribution in [2.75, 3.05) is 0 Å². The number of benzene rings is 2. The van der Waals surface area contributed by atoms with Crippen molar-refractivity contribution in [2.45, 2.75) is 11.8 Å². The van der Waals surface area contributed by atoms with E-state index in [1.165, 1.54) is 30.3 Å². The van der Waals surface area contributed by atoms with E-state index in [0.29, 0.717) is 0 Å². The summed E-state index contributed by atoms with van der Waals surface area (Å²) in [5.41, 5.74) is 1.12. The van der Waals surface area contributed by atoms with Crippen LogP contribution >= 0.6 is 0 Å². The molecule has 0 aliphatic carbocycles. The van der Waals surface area contributed by atoms with Crippen LogP contribution in [-0.2, 0) is 10.0 Å². The summed E-state index contributed by atoms with van der Waals surface area (Å²) < 4.78 is 37.0. The maximum atomic E-state index is 13.3. The molecule has 104 valence electrons.